The van der Waals surface area contributed by atoms with Crippen LogP contribution in [0.15, 0.2) is 12.2 Å². The molecule has 15 heteroatoms. The highest BCUT2D eigenvalue weighted by atomic mass is 28.4. The van der Waals surface area contributed by atoms with E-state index in [9.17, 15) is 35.9 Å². The zero-order chi connectivity index (χ0) is 25.8. The third kappa shape index (κ3) is 13.4. The normalized spacial score (nSPS) is 15.3. The van der Waals surface area contributed by atoms with Crippen LogP contribution in [0, 0.1) is 0 Å². The third-order valence-electron chi connectivity index (χ3n) is 3.20. The van der Waals surface area contributed by atoms with E-state index < -0.39 is 58.5 Å². The van der Waals surface area contributed by atoms with Crippen LogP contribution < -0.4 is 0 Å². The highest BCUT2D eigenvalue weighted by Crippen LogP contribution is 2.35. The minimum atomic E-state index is -5.85. The molecule has 0 amide bonds. The van der Waals surface area contributed by atoms with Gasteiger partial charge in [0, 0.05) is 18.6 Å². The molecule has 0 N–H and O–H groups in total. The van der Waals surface area contributed by atoms with Crippen LogP contribution in [-0.2, 0) is 27.9 Å². The minimum Gasteiger partial charge on any atom is -0.459 e. The van der Waals surface area contributed by atoms with Gasteiger partial charge in [-0.2, -0.15) is 26.3 Å². The minimum absolute atomic E-state index is 0.143. The monoisotopic (exact) mass is 528 g/mol. The zero-order valence-electron chi connectivity index (χ0n) is 19.2. The van der Waals surface area contributed by atoms with Gasteiger partial charge in [-0.15, -0.1) is 0 Å². The summed E-state index contributed by atoms with van der Waals surface area (Å²) in [6.45, 7) is 13.3. The highest BCUT2D eigenvalue weighted by molar-refractivity contribution is 6.71. The first kappa shape index (κ1) is 30.8. The SMILES string of the molecule is CC(CC([SiH3])(O[Si](C)(C)C)O[Si](C)(C)C)OC(=O)C=CC(=O)OC(C(F)(F)F)C(F)(F)F. The summed E-state index contributed by atoms with van der Waals surface area (Å²) in [7, 11) is -3.64. The Balaban J connectivity index is 5.13. The van der Waals surface area contributed by atoms with E-state index >= 15 is 0 Å². The van der Waals surface area contributed by atoms with Gasteiger partial charge in [-0.25, -0.2) is 9.59 Å². The molecule has 0 aromatic rings. The molecule has 0 aliphatic carbocycles. The number of rotatable bonds is 10. The summed E-state index contributed by atoms with van der Waals surface area (Å²) >= 11 is 0. The Morgan fingerprint density at radius 1 is 0.812 bits per heavy atom. The third-order valence-corrected chi connectivity index (χ3v) is 6.93. The van der Waals surface area contributed by atoms with Crippen LogP contribution in [0.2, 0.25) is 39.3 Å². The van der Waals surface area contributed by atoms with Crippen LogP contribution in [0.3, 0.4) is 0 Å². The van der Waals surface area contributed by atoms with Crippen molar-refractivity contribution < 1.29 is 54.3 Å². The molecule has 0 saturated carbocycles. The number of hydrogen-bond acceptors (Lipinski definition) is 6. The smallest absolute Gasteiger partial charge is 0.434 e. The van der Waals surface area contributed by atoms with Crippen molar-refractivity contribution in [3.8, 4) is 0 Å². The first-order valence-electron chi connectivity index (χ1n) is 9.57. The molecule has 6 nitrogen and oxygen atoms in total. The topological polar surface area (TPSA) is 71.1 Å². The van der Waals surface area contributed by atoms with Gasteiger partial charge in [0.15, 0.2) is 16.6 Å². The summed E-state index contributed by atoms with van der Waals surface area (Å²) < 4.78 is 95.3. The predicted molar refractivity (Wildman–Crippen MR) is 113 cm³/mol. The summed E-state index contributed by atoms with van der Waals surface area (Å²) in [5, 5.41) is 0. The van der Waals surface area contributed by atoms with Crippen molar-refractivity contribution in [1.82, 2.24) is 0 Å². The van der Waals surface area contributed by atoms with Gasteiger partial charge in [0.25, 0.3) is 6.10 Å². The molecule has 0 aromatic carbocycles. The molecular formula is C17H30F6O6Si3. The summed E-state index contributed by atoms with van der Waals surface area (Å²) in [4.78, 5) is 23.2. The molecule has 0 aliphatic heterocycles. The molecule has 188 valence electrons. The van der Waals surface area contributed by atoms with Crippen molar-refractivity contribution in [3.05, 3.63) is 12.2 Å². The predicted octanol–water partition coefficient (Wildman–Crippen LogP) is 3.62. The standard InChI is InChI=1S/C17H30F6O6Si3/c1-11(10-15(30,28-31(2,3)4)29-32(5,6)7)26-12(24)8-9-13(25)27-14(16(18,19)20)17(21,22)23/h8-9,11,14H,10H2,1-7,30H3. The average Bonchev–Trinajstić information content (AvgIpc) is 2.43. The number of alkyl halides is 6. The molecule has 0 saturated heterocycles. The summed E-state index contributed by atoms with van der Waals surface area (Å²) in [5.41, 5.74) is -0.941. The van der Waals surface area contributed by atoms with Crippen LogP contribution in [0.25, 0.3) is 0 Å². The van der Waals surface area contributed by atoms with Crippen LogP contribution in [-0.4, -0.2) is 68.8 Å². The summed E-state index contributed by atoms with van der Waals surface area (Å²) in [5.74, 6) is -3.13. The maximum atomic E-state index is 12.4. The van der Waals surface area contributed by atoms with E-state index in [1.165, 1.54) is 6.92 Å². The van der Waals surface area contributed by atoms with Gasteiger partial charge in [0.2, 0.25) is 0 Å². The van der Waals surface area contributed by atoms with Crippen molar-refractivity contribution in [2.45, 2.75) is 82.6 Å². The Kier molecular flexibility index (Phi) is 10.4. The first-order chi connectivity index (χ1) is 13.9. The van der Waals surface area contributed by atoms with Crippen molar-refractivity contribution >= 4 is 38.8 Å². The number of hydrogen-bond donors (Lipinski definition) is 0. The lowest BCUT2D eigenvalue weighted by Gasteiger charge is -2.42. The zero-order valence-corrected chi connectivity index (χ0v) is 23.2. The molecule has 0 radical (unpaired) electrons. The highest BCUT2D eigenvalue weighted by Gasteiger charge is 2.59. The second kappa shape index (κ2) is 10.8. The first-order valence-corrected chi connectivity index (χ1v) is 17.4. The quantitative estimate of drug-likeness (QED) is 0.142. The lowest BCUT2D eigenvalue weighted by Crippen LogP contribution is -2.52. The molecule has 0 aliphatic rings. The van der Waals surface area contributed by atoms with E-state index in [2.05, 4.69) is 4.74 Å². The lowest BCUT2D eigenvalue weighted by atomic mass is 10.3. The maximum absolute atomic E-state index is 12.4. The van der Waals surface area contributed by atoms with E-state index in [0.717, 1.165) is 0 Å². The molecule has 0 heterocycles. The second-order valence-electron chi connectivity index (χ2n) is 9.25. The maximum Gasteiger partial charge on any atom is 0.434 e. The van der Waals surface area contributed by atoms with E-state index in [1.54, 1.807) is 0 Å². The molecule has 32 heavy (non-hydrogen) atoms. The van der Waals surface area contributed by atoms with Crippen molar-refractivity contribution in [2.24, 2.45) is 0 Å². The molecule has 1 atom stereocenters. The molecule has 0 rings (SSSR count). The van der Waals surface area contributed by atoms with E-state index in [-0.39, 0.29) is 12.5 Å². The number of ether oxygens (including phenoxy) is 2. The van der Waals surface area contributed by atoms with Gasteiger partial charge in [0.1, 0.15) is 11.5 Å². The number of carbonyl (C=O) groups excluding carboxylic acids is 2. The molecule has 0 fully saturated rings. The van der Waals surface area contributed by atoms with Crippen LogP contribution in [0.4, 0.5) is 26.3 Å². The number of halogens is 6. The Morgan fingerprint density at radius 2 is 1.16 bits per heavy atom. The van der Waals surface area contributed by atoms with Crippen molar-refractivity contribution in [1.29, 1.82) is 0 Å². The fourth-order valence-electron chi connectivity index (χ4n) is 2.81. The Morgan fingerprint density at radius 3 is 1.47 bits per heavy atom. The van der Waals surface area contributed by atoms with Crippen LogP contribution in [0.5, 0.6) is 0 Å². The lowest BCUT2D eigenvalue weighted by molar-refractivity contribution is -0.312. The van der Waals surface area contributed by atoms with Crippen LogP contribution in [0.1, 0.15) is 13.3 Å². The van der Waals surface area contributed by atoms with E-state index in [1.807, 2.05) is 39.3 Å². The van der Waals surface area contributed by atoms with Gasteiger partial charge in [0.05, 0.1) is 10.2 Å². The van der Waals surface area contributed by atoms with Crippen molar-refractivity contribution in [3.63, 3.8) is 0 Å². The Hall–Kier alpha value is -1.17. The fourth-order valence-corrected chi connectivity index (χ4v) is 9.98. The van der Waals surface area contributed by atoms with Gasteiger partial charge >= 0.3 is 24.3 Å². The Bertz CT molecular complexity index is 652. The number of esters is 2. The van der Waals surface area contributed by atoms with Crippen molar-refractivity contribution in [2.75, 3.05) is 0 Å². The molecule has 0 aromatic heterocycles. The van der Waals surface area contributed by atoms with E-state index in [0.29, 0.717) is 16.3 Å². The molecular weight excluding hydrogens is 498 g/mol. The fraction of sp³-hybridized carbons (Fsp3) is 0.765. The van der Waals surface area contributed by atoms with Gasteiger partial charge in [-0.3, -0.25) is 0 Å². The van der Waals surface area contributed by atoms with Crippen LogP contribution >= 0.6 is 0 Å². The molecule has 0 bridgehead atoms. The Labute approximate surface area is 188 Å². The van der Waals surface area contributed by atoms with Gasteiger partial charge in [-0.1, -0.05) is 0 Å². The average molecular weight is 529 g/mol. The molecule has 0 spiro atoms. The van der Waals surface area contributed by atoms with E-state index in [4.69, 9.17) is 13.6 Å². The summed E-state index contributed by atoms with van der Waals surface area (Å²) in [6, 6.07) is 0. The largest absolute Gasteiger partial charge is 0.459 e. The second-order valence-corrected chi connectivity index (χ2v) is 19.6. The van der Waals surface area contributed by atoms with Gasteiger partial charge < -0.3 is 18.3 Å². The molecule has 1 unspecified atom stereocenters. The number of carbonyl (C=O) groups is 2. The summed E-state index contributed by atoms with van der Waals surface area (Å²) in [6.07, 6.45) is -16.1. The van der Waals surface area contributed by atoms with Gasteiger partial charge in [-0.05, 0) is 46.2 Å².